The van der Waals surface area contributed by atoms with Crippen molar-refractivity contribution in [2.24, 2.45) is 4.99 Å². The summed E-state index contributed by atoms with van der Waals surface area (Å²) in [6.45, 7) is 4.42. The van der Waals surface area contributed by atoms with E-state index in [1.54, 1.807) is 0 Å². The van der Waals surface area contributed by atoms with Gasteiger partial charge in [0.1, 0.15) is 11.9 Å². The molecule has 0 fully saturated rings. The number of carboxylic acid groups (broad SMARTS) is 1. The summed E-state index contributed by atoms with van der Waals surface area (Å²) in [4.78, 5) is 16.7. The van der Waals surface area contributed by atoms with Crippen molar-refractivity contribution >= 4 is 22.5 Å². The standard InChI is InChI=1S/C30H27NO3/c1-19-14-15-22(16-27(19)30(32)33)28-17-23(34-29-13-6-5-11-26(28)29)18-31-20(2)24-12-7-9-21-8-3-4-10-25(21)24/h3-16,23,28H,17-18H2,1-2H3,(H,32,33)/t23-,28-/m1/s1. The number of hydrogen-bond acceptors (Lipinski definition) is 3. The third kappa shape index (κ3) is 4.19. The molecular formula is C30H27NO3. The predicted octanol–water partition coefficient (Wildman–Crippen LogP) is 6.64. The second-order valence-corrected chi connectivity index (χ2v) is 8.90. The highest BCUT2D eigenvalue weighted by molar-refractivity contribution is 6.09. The highest BCUT2D eigenvalue weighted by Gasteiger charge is 2.30. The summed E-state index contributed by atoms with van der Waals surface area (Å²) in [5.41, 5.74) is 5.33. The number of para-hydroxylation sites is 1. The largest absolute Gasteiger partial charge is 0.488 e. The number of carbonyl (C=O) groups is 1. The van der Waals surface area contributed by atoms with Crippen LogP contribution in [0.2, 0.25) is 0 Å². The number of rotatable bonds is 5. The number of aromatic carboxylic acids is 1. The van der Waals surface area contributed by atoms with Crippen molar-refractivity contribution in [1.29, 1.82) is 0 Å². The zero-order valence-corrected chi connectivity index (χ0v) is 19.4. The van der Waals surface area contributed by atoms with Crippen LogP contribution in [0.1, 0.15) is 51.9 Å². The molecule has 0 unspecified atom stereocenters. The molecule has 4 heteroatoms. The number of ether oxygens (including phenoxy) is 1. The van der Waals surface area contributed by atoms with E-state index in [1.165, 1.54) is 10.8 Å². The third-order valence-electron chi connectivity index (χ3n) is 6.69. The van der Waals surface area contributed by atoms with Gasteiger partial charge in [0.2, 0.25) is 0 Å². The quantitative estimate of drug-likeness (QED) is 0.348. The van der Waals surface area contributed by atoms with Gasteiger partial charge < -0.3 is 9.84 Å². The molecule has 4 aromatic rings. The minimum absolute atomic E-state index is 0.0571. The van der Waals surface area contributed by atoms with Crippen LogP contribution in [0.4, 0.5) is 0 Å². The molecule has 0 saturated carbocycles. The van der Waals surface area contributed by atoms with Gasteiger partial charge in [0.15, 0.2) is 0 Å². The molecule has 0 bridgehead atoms. The predicted molar refractivity (Wildman–Crippen MR) is 136 cm³/mol. The van der Waals surface area contributed by atoms with Crippen molar-refractivity contribution in [2.75, 3.05) is 6.54 Å². The first kappa shape index (κ1) is 21.9. The van der Waals surface area contributed by atoms with Crippen LogP contribution >= 0.6 is 0 Å². The van der Waals surface area contributed by atoms with Crippen LogP contribution in [-0.4, -0.2) is 29.4 Å². The molecule has 34 heavy (non-hydrogen) atoms. The van der Waals surface area contributed by atoms with Crippen molar-refractivity contribution < 1.29 is 14.6 Å². The lowest BCUT2D eigenvalue weighted by atomic mass is 9.83. The van der Waals surface area contributed by atoms with Crippen LogP contribution in [0.3, 0.4) is 0 Å². The van der Waals surface area contributed by atoms with Crippen LogP contribution in [0.25, 0.3) is 10.8 Å². The normalized spacial score (nSPS) is 17.8. The topological polar surface area (TPSA) is 58.9 Å². The summed E-state index contributed by atoms with van der Waals surface area (Å²) in [5, 5.41) is 12.0. The fraction of sp³-hybridized carbons (Fsp3) is 0.200. The zero-order valence-electron chi connectivity index (χ0n) is 19.4. The highest BCUT2D eigenvalue weighted by atomic mass is 16.5. The van der Waals surface area contributed by atoms with Gasteiger partial charge in [0.05, 0.1) is 12.1 Å². The number of aryl methyl sites for hydroxylation is 1. The average Bonchev–Trinajstić information content (AvgIpc) is 2.86. The number of nitrogens with zero attached hydrogens (tertiary/aromatic N) is 1. The van der Waals surface area contributed by atoms with Crippen LogP contribution in [0.15, 0.2) is 89.9 Å². The van der Waals surface area contributed by atoms with E-state index in [2.05, 4.69) is 49.4 Å². The number of aliphatic imine (C=N–C) groups is 1. The molecule has 0 aliphatic carbocycles. The van der Waals surface area contributed by atoms with Crippen LogP contribution < -0.4 is 4.74 Å². The van der Waals surface area contributed by atoms with Gasteiger partial charge in [-0.15, -0.1) is 0 Å². The maximum atomic E-state index is 11.7. The number of hydrogen-bond donors (Lipinski definition) is 1. The molecule has 0 radical (unpaired) electrons. The maximum Gasteiger partial charge on any atom is 0.335 e. The van der Waals surface area contributed by atoms with Gasteiger partial charge in [-0.05, 0) is 54.3 Å². The summed E-state index contributed by atoms with van der Waals surface area (Å²) >= 11 is 0. The van der Waals surface area contributed by atoms with Crippen molar-refractivity contribution in [3.8, 4) is 5.75 Å². The summed E-state index contributed by atoms with van der Waals surface area (Å²) < 4.78 is 6.34. The summed E-state index contributed by atoms with van der Waals surface area (Å²) in [7, 11) is 0. The van der Waals surface area contributed by atoms with Gasteiger partial charge in [0.25, 0.3) is 0 Å². The summed E-state index contributed by atoms with van der Waals surface area (Å²) in [6.07, 6.45) is 0.644. The first-order valence-corrected chi connectivity index (χ1v) is 11.6. The minimum atomic E-state index is -0.897. The van der Waals surface area contributed by atoms with Gasteiger partial charge in [-0.2, -0.15) is 0 Å². The van der Waals surface area contributed by atoms with Gasteiger partial charge >= 0.3 is 5.97 Å². The lowest BCUT2D eigenvalue weighted by molar-refractivity contribution is 0.0696. The van der Waals surface area contributed by atoms with Crippen molar-refractivity contribution in [2.45, 2.75) is 32.3 Å². The summed E-state index contributed by atoms with van der Waals surface area (Å²) in [6, 6.07) is 28.4. The van der Waals surface area contributed by atoms with E-state index < -0.39 is 5.97 Å². The molecule has 0 amide bonds. The lowest BCUT2D eigenvalue weighted by Crippen LogP contribution is -2.29. The molecule has 1 N–H and O–H groups in total. The Morgan fingerprint density at radius 1 is 0.971 bits per heavy atom. The van der Waals surface area contributed by atoms with Gasteiger partial charge in [-0.25, -0.2) is 4.79 Å². The molecule has 1 aliphatic rings. The number of benzene rings is 4. The average molecular weight is 450 g/mol. The van der Waals surface area contributed by atoms with E-state index in [4.69, 9.17) is 9.73 Å². The van der Waals surface area contributed by atoms with E-state index in [1.807, 2.05) is 49.4 Å². The molecule has 4 nitrogen and oxygen atoms in total. The maximum absolute atomic E-state index is 11.7. The molecule has 1 aliphatic heterocycles. The lowest BCUT2D eigenvalue weighted by Gasteiger charge is -2.32. The molecule has 2 atom stereocenters. The second-order valence-electron chi connectivity index (χ2n) is 8.90. The zero-order chi connectivity index (χ0) is 23.7. The van der Waals surface area contributed by atoms with Gasteiger partial charge in [-0.3, -0.25) is 4.99 Å². The van der Waals surface area contributed by atoms with E-state index in [-0.39, 0.29) is 12.0 Å². The van der Waals surface area contributed by atoms with Crippen molar-refractivity contribution in [3.05, 3.63) is 113 Å². The van der Waals surface area contributed by atoms with Crippen LogP contribution in [-0.2, 0) is 0 Å². The summed E-state index contributed by atoms with van der Waals surface area (Å²) in [5.74, 6) is 0.00693. The van der Waals surface area contributed by atoms with Crippen molar-refractivity contribution in [3.63, 3.8) is 0 Å². The molecule has 0 saturated heterocycles. The Morgan fingerprint density at radius 3 is 2.59 bits per heavy atom. The first-order valence-electron chi connectivity index (χ1n) is 11.6. The fourth-order valence-electron chi connectivity index (χ4n) is 4.87. The molecule has 0 spiro atoms. The molecule has 5 rings (SSSR count). The van der Waals surface area contributed by atoms with E-state index in [0.717, 1.165) is 40.1 Å². The number of fused-ring (bicyclic) bond motifs is 2. The van der Waals surface area contributed by atoms with E-state index >= 15 is 0 Å². The fourth-order valence-corrected chi connectivity index (χ4v) is 4.87. The molecule has 4 aromatic carbocycles. The Kier molecular flexibility index (Phi) is 5.89. The SMILES string of the molecule is CC(=NC[C@H]1C[C@H](c2ccc(C)c(C(=O)O)c2)c2ccccc2O1)c1cccc2ccccc12. The minimum Gasteiger partial charge on any atom is -0.488 e. The van der Waals surface area contributed by atoms with Crippen LogP contribution in [0.5, 0.6) is 5.75 Å². The molecule has 170 valence electrons. The molecular weight excluding hydrogens is 422 g/mol. The Labute approximate surface area is 199 Å². The van der Waals surface area contributed by atoms with E-state index in [0.29, 0.717) is 12.1 Å². The smallest absolute Gasteiger partial charge is 0.335 e. The van der Waals surface area contributed by atoms with E-state index in [9.17, 15) is 9.90 Å². The second kappa shape index (κ2) is 9.14. The number of carboxylic acids is 1. The monoisotopic (exact) mass is 449 g/mol. The Bertz CT molecular complexity index is 1400. The Balaban J connectivity index is 1.45. The van der Waals surface area contributed by atoms with Crippen molar-refractivity contribution in [1.82, 2.24) is 0 Å². The molecule has 0 aromatic heterocycles. The van der Waals surface area contributed by atoms with Gasteiger partial charge in [-0.1, -0.05) is 72.8 Å². The third-order valence-corrected chi connectivity index (χ3v) is 6.69. The van der Waals surface area contributed by atoms with Crippen LogP contribution in [0, 0.1) is 6.92 Å². The first-order chi connectivity index (χ1) is 16.5. The Morgan fingerprint density at radius 2 is 1.74 bits per heavy atom. The Hall–Kier alpha value is -3.92. The molecule has 1 heterocycles. The van der Waals surface area contributed by atoms with Gasteiger partial charge in [0, 0.05) is 22.8 Å². The highest BCUT2D eigenvalue weighted by Crippen LogP contribution is 2.41.